The van der Waals surface area contributed by atoms with Gasteiger partial charge in [0.2, 0.25) is 0 Å². The number of carboxylic acids is 1. The van der Waals surface area contributed by atoms with Gasteiger partial charge in [-0.25, -0.2) is 0 Å². The van der Waals surface area contributed by atoms with Crippen molar-refractivity contribution in [3.8, 4) is 5.75 Å². The molecule has 1 unspecified atom stereocenters. The molecule has 1 aliphatic heterocycles. The van der Waals surface area contributed by atoms with E-state index < -0.39 is 5.97 Å². The van der Waals surface area contributed by atoms with E-state index in [1.807, 2.05) is 6.20 Å². The van der Waals surface area contributed by atoms with E-state index in [1.165, 1.54) is 29.2 Å². The van der Waals surface area contributed by atoms with Gasteiger partial charge in [-0.2, -0.15) is 0 Å². The summed E-state index contributed by atoms with van der Waals surface area (Å²) in [6, 6.07) is 12.9. The van der Waals surface area contributed by atoms with Crippen molar-refractivity contribution in [2.75, 3.05) is 19.8 Å². The van der Waals surface area contributed by atoms with Gasteiger partial charge in [0.25, 0.3) is 0 Å². The van der Waals surface area contributed by atoms with Gasteiger partial charge in [-0.3, -0.25) is 4.79 Å². The molecule has 0 amide bonds. The average Bonchev–Trinajstić information content (AvgIpc) is 2.83. The molecule has 1 saturated carbocycles. The maximum atomic E-state index is 11.1. The smallest absolute Gasteiger partial charge is 0.310 e. The van der Waals surface area contributed by atoms with Crippen molar-refractivity contribution in [1.82, 2.24) is 4.90 Å². The first-order valence-electron chi connectivity index (χ1n) is 12.9. The van der Waals surface area contributed by atoms with Crippen LogP contribution in [0.5, 0.6) is 5.75 Å². The number of ether oxygens (including phenoxy) is 2. The summed E-state index contributed by atoms with van der Waals surface area (Å²) in [6.07, 6.45) is 10.4. The Morgan fingerprint density at radius 3 is 2.53 bits per heavy atom. The first-order chi connectivity index (χ1) is 16.5. The number of carbonyl (C=O) groups is 1. The lowest BCUT2D eigenvalue weighted by Gasteiger charge is -2.29. The van der Waals surface area contributed by atoms with Gasteiger partial charge >= 0.3 is 5.97 Å². The number of hydrogen-bond donors (Lipinski definition) is 1. The van der Waals surface area contributed by atoms with Gasteiger partial charge in [0, 0.05) is 26.3 Å². The third-order valence-electron chi connectivity index (χ3n) is 7.13. The summed E-state index contributed by atoms with van der Waals surface area (Å²) < 4.78 is 12.2. The van der Waals surface area contributed by atoms with Crippen LogP contribution in [-0.2, 0) is 16.1 Å². The Morgan fingerprint density at radius 2 is 1.82 bits per heavy atom. The largest absolute Gasteiger partial charge is 0.490 e. The highest BCUT2D eigenvalue weighted by atomic mass is 16.5. The summed E-state index contributed by atoms with van der Waals surface area (Å²) in [7, 11) is 0. The number of carboxylic acid groups (broad SMARTS) is 1. The predicted molar refractivity (Wildman–Crippen MR) is 136 cm³/mol. The lowest BCUT2D eigenvalue weighted by atomic mass is 9.88. The molecule has 5 nitrogen and oxygen atoms in total. The molecule has 1 fully saturated rings. The van der Waals surface area contributed by atoms with Gasteiger partial charge < -0.3 is 19.5 Å². The Balaban J connectivity index is 1.26. The molecule has 0 radical (unpaired) electrons. The second-order valence-electron chi connectivity index (χ2n) is 10.4. The Bertz CT molecular complexity index is 977. The fraction of sp³-hybridized carbons (Fsp3) is 0.552. The van der Waals surface area contributed by atoms with E-state index in [0.29, 0.717) is 24.4 Å². The summed E-state index contributed by atoms with van der Waals surface area (Å²) in [5, 5.41) is 11.5. The molecule has 1 N–H and O–H groups in total. The first-order valence-corrected chi connectivity index (χ1v) is 12.9. The lowest BCUT2D eigenvalue weighted by Crippen LogP contribution is -2.27. The molecule has 2 aromatic carbocycles. The third kappa shape index (κ3) is 6.99. The van der Waals surface area contributed by atoms with Crippen LogP contribution in [0.3, 0.4) is 0 Å². The van der Waals surface area contributed by atoms with Crippen molar-refractivity contribution >= 4 is 16.7 Å². The molecule has 0 spiro atoms. The van der Waals surface area contributed by atoms with Crippen molar-refractivity contribution in [3.63, 3.8) is 0 Å². The highest BCUT2D eigenvalue weighted by Crippen LogP contribution is 2.30. The van der Waals surface area contributed by atoms with Crippen LogP contribution in [0.15, 0.2) is 48.7 Å². The van der Waals surface area contributed by atoms with E-state index in [1.54, 1.807) is 6.08 Å². The summed E-state index contributed by atoms with van der Waals surface area (Å²) in [5.41, 5.74) is 1.23. The van der Waals surface area contributed by atoms with Crippen LogP contribution in [0.4, 0.5) is 0 Å². The van der Waals surface area contributed by atoms with Crippen molar-refractivity contribution in [2.24, 2.45) is 17.8 Å². The highest BCUT2D eigenvalue weighted by Gasteiger charge is 2.23. The average molecular weight is 466 g/mol. The van der Waals surface area contributed by atoms with Crippen LogP contribution in [-0.4, -0.2) is 41.8 Å². The van der Waals surface area contributed by atoms with Gasteiger partial charge in [0.05, 0.1) is 12.0 Å². The highest BCUT2D eigenvalue weighted by molar-refractivity contribution is 5.84. The van der Waals surface area contributed by atoms with Crippen LogP contribution in [0.2, 0.25) is 0 Å². The van der Waals surface area contributed by atoms with Gasteiger partial charge in [0.1, 0.15) is 5.75 Å². The Labute approximate surface area is 203 Å². The molecule has 184 valence electrons. The van der Waals surface area contributed by atoms with Crippen LogP contribution < -0.4 is 4.74 Å². The van der Waals surface area contributed by atoms with Gasteiger partial charge in [0.15, 0.2) is 0 Å². The molecule has 1 heterocycles. The molecule has 1 atom stereocenters. The zero-order chi connectivity index (χ0) is 23.9. The van der Waals surface area contributed by atoms with E-state index in [9.17, 15) is 4.79 Å². The van der Waals surface area contributed by atoms with Gasteiger partial charge in [-0.1, -0.05) is 38.1 Å². The topological polar surface area (TPSA) is 59.0 Å². The van der Waals surface area contributed by atoms with E-state index in [-0.39, 0.29) is 5.92 Å². The van der Waals surface area contributed by atoms with Gasteiger partial charge in [-0.05, 0) is 91.1 Å². The molecule has 0 bridgehead atoms. The van der Waals surface area contributed by atoms with Crippen LogP contribution in [0.1, 0.15) is 57.9 Å². The van der Waals surface area contributed by atoms with Crippen molar-refractivity contribution in [1.29, 1.82) is 0 Å². The van der Waals surface area contributed by atoms with Crippen LogP contribution >= 0.6 is 0 Å². The SMILES string of the molecule is CC(C)CCOCC1CCC(Oc2ccc3cc(CN4C=CC(C(=O)O)CC4)ccc3c2)CC1. The van der Waals surface area contributed by atoms with Crippen molar-refractivity contribution in [3.05, 3.63) is 54.2 Å². The molecule has 1 aliphatic carbocycles. The van der Waals surface area contributed by atoms with E-state index >= 15 is 0 Å². The zero-order valence-electron chi connectivity index (χ0n) is 20.6. The monoisotopic (exact) mass is 465 g/mol. The summed E-state index contributed by atoms with van der Waals surface area (Å²) >= 11 is 0. The maximum absolute atomic E-state index is 11.1. The maximum Gasteiger partial charge on any atom is 0.310 e. The van der Waals surface area contributed by atoms with E-state index in [4.69, 9.17) is 14.6 Å². The summed E-state index contributed by atoms with van der Waals surface area (Å²) in [4.78, 5) is 13.3. The third-order valence-corrected chi connectivity index (χ3v) is 7.13. The molecule has 0 aromatic heterocycles. The lowest BCUT2D eigenvalue weighted by molar-refractivity contribution is -0.140. The number of aliphatic carboxylic acids is 1. The molecule has 34 heavy (non-hydrogen) atoms. The molecule has 2 aromatic rings. The standard InChI is InChI=1S/C29H39NO4/c1-21(2)13-16-33-20-22-4-8-27(9-5-22)34-28-10-7-25-17-23(3-6-26(25)18-28)19-30-14-11-24(12-15-30)29(31)32/h3,6-7,10-11,14,17-18,21-22,24,27H,4-5,8-9,12-13,15-16,19-20H2,1-2H3,(H,31,32). The minimum atomic E-state index is -0.737. The Kier molecular flexibility index (Phi) is 8.49. The second kappa shape index (κ2) is 11.7. The number of rotatable bonds is 10. The van der Waals surface area contributed by atoms with Crippen molar-refractivity contribution in [2.45, 2.75) is 65.0 Å². The quantitative estimate of drug-likeness (QED) is 0.420. The fourth-order valence-electron chi connectivity index (χ4n) is 4.90. The minimum Gasteiger partial charge on any atom is -0.490 e. The van der Waals surface area contributed by atoms with E-state index in [0.717, 1.165) is 51.3 Å². The molecule has 2 aliphatic rings. The first kappa shape index (κ1) is 24.6. The minimum absolute atomic E-state index is 0.296. The van der Waals surface area contributed by atoms with Crippen LogP contribution in [0.25, 0.3) is 10.8 Å². The number of benzene rings is 2. The summed E-state index contributed by atoms with van der Waals surface area (Å²) in [6.45, 7) is 7.82. The molecular formula is C29H39NO4. The van der Waals surface area contributed by atoms with Crippen molar-refractivity contribution < 1.29 is 19.4 Å². The normalized spacial score (nSPS) is 22.9. The second-order valence-corrected chi connectivity index (χ2v) is 10.4. The predicted octanol–water partition coefficient (Wildman–Crippen LogP) is 6.26. The zero-order valence-corrected chi connectivity index (χ0v) is 20.6. The molecular weight excluding hydrogens is 426 g/mol. The fourth-order valence-corrected chi connectivity index (χ4v) is 4.90. The van der Waals surface area contributed by atoms with Crippen LogP contribution in [0, 0.1) is 17.8 Å². The Hall–Kier alpha value is -2.53. The molecule has 0 saturated heterocycles. The number of hydrogen-bond acceptors (Lipinski definition) is 4. The number of nitrogens with zero attached hydrogens (tertiary/aromatic N) is 1. The number of fused-ring (bicyclic) bond motifs is 1. The van der Waals surface area contributed by atoms with Gasteiger partial charge in [-0.15, -0.1) is 0 Å². The summed E-state index contributed by atoms with van der Waals surface area (Å²) in [5.74, 6) is 1.24. The molecule has 4 rings (SSSR count). The molecule has 5 heteroatoms. The Morgan fingerprint density at radius 1 is 1.06 bits per heavy atom. The van der Waals surface area contributed by atoms with E-state index in [2.05, 4.69) is 55.1 Å².